The molecule has 7 nitrogen and oxygen atoms in total. The predicted octanol–water partition coefficient (Wildman–Crippen LogP) is 8.65. The minimum Gasteiger partial charge on any atom is -0.457 e. The molecule has 1 fully saturated rings. The molecular formula is C39H39F5N2O5S. The Morgan fingerprint density at radius 1 is 0.788 bits per heavy atom. The van der Waals surface area contributed by atoms with Crippen LogP contribution in [0, 0.1) is 42.9 Å². The second kappa shape index (κ2) is 16.0. The van der Waals surface area contributed by atoms with Crippen LogP contribution < -0.4 is 4.90 Å². The van der Waals surface area contributed by atoms with Crippen LogP contribution in [0.15, 0.2) is 71.6 Å². The van der Waals surface area contributed by atoms with Gasteiger partial charge in [-0.2, -0.15) is 4.31 Å². The summed E-state index contributed by atoms with van der Waals surface area (Å²) in [5, 5.41) is 0. The van der Waals surface area contributed by atoms with E-state index in [1.165, 1.54) is 23.5 Å². The first-order valence-electron chi connectivity index (χ1n) is 16.8. The second-order valence-electron chi connectivity index (χ2n) is 13.1. The SMILES string of the molecule is Cc1cc(C(=O)OCc2ccccc2)cc(C)c1N(Cc1ccc(C2CCCCC2)cc1)C(=O)[C@@H](C)N(C)S(=O)(=O)c1c(F)c(F)c(F)c(F)c1F. The quantitative estimate of drug-likeness (QED) is 0.0665. The van der Waals surface area contributed by atoms with Crippen molar-refractivity contribution in [1.29, 1.82) is 0 Å². The highest BCUT2D eigenvalue weighted by atomic mass is 32.2. The molecule has 1 saturated carbocycles. The lowest BCUT2D eigenvalue weighted by molar-refractivity contribution is -0.121. The van der Waals surface area contributed by atoms with Gasteiger partial charge in [0, 0.05) is 12.7 Å². The normalized spacial score (nSPS) is 14.3. The number of sulfonamides is 1. The smallest absolute Gasteiger partial charge is 0.338 e. The van der Waals surface area contributed by atoms with Gasteiger partial charge in [0.05, 0.1) is 12.1 Å². The zero-order valence-electron chi connectivity index (χ0n) is 29.2. The second-order valence-corrected chi connectivity index (χ2v) is 15.1. The first kappa shape index (κ1) is 38.6. The molecule has 0 bridgehead atoms. The van der Waals surface area contributed by atoms with Gasteiger partial charge in [0.1, 0.15) is 12.6 Å². The minimum atomic E-state index is -5.45. The van der Waals surface area contributed by atoms with Crippen LogP contribution >= 0.6 is 0 Å². The van der Waals surface area contributed by atoms with Crippen molar-refractivity contribution in [3.63, 3.8) is 0 Å². The van der Waals surface area contributed by atoms with E-state index in [1.807, 2.05) is 54.6 Å². The predicted molar refractivity (Wildman–Crippen MR) is 186 cm³/mol. The molecule has 0 unspecified atom stereocenters. The molecular weight excluding hydrogens is 703 g/mol. The first-order chi connectivity index (χ1) is 24.6. The lowest BCUT2D eigenvalue weighted by Gasteiger charge is -2.32. The standard InChI is InChI=1S/C39H39F5N2O5S/c1-23-19-30(39(48)51-22-27-11-7-5-8-12-27)20-24(2)36(23)46(21-26-15-17-29(18-16-26)28-13-9-6-10-14-28)38(47)25(3)45(4)52(49,50)37-34(43)32(41)31(40)33(42)35(37)44/h5,7-8,11-12,15-20,25,28H,6,9-10,13-14,21-22H2,1-4H3/t25-/m1/s1. The summed E-state index contributed by atoms with van der Waals surface area (Å²) in [7, 11) is -4.63. The number of ether oxygens (including phenoxy) is 1. The molecule has 13 heteroatoms. The number of likely N-dealkylation sites (N-methyl/N-ethyl adjacent to an activating group) is 1. The van der Waals surface area contributed by atoms with Crippen LogP contribution in [0.1, 0.15) is 83.1 Å². The summed E-state index contributed by atoms with van der Waals surface area (Å²) in [6.07, 6.45) is 5.62. The fraction of sp³-hybridized carbons (Fsp3) is 0.333. The van der Waals surface area contributed by atoms with Gasteiger partial charge >= 0.3 is 5.97 Å². The number of esters is 1. The van der Waals surface area contributed by atoms with Gasteiger partial charge in [0.15, 0.2) is 28.2 Å². The number of hydrogen-bond donors (Lipinski definition) is 0. The highest BCUT2D eigenvalue weighted by Crippen LogP contribution is 2.35. The number of aryl methyl sites for hydroxylation is 2. The largest absolute Gasteiger partial charge is 0.457 e. The number of rotatable bonds is 11. The average molecular weight is 743 g/mol. The molecule has 52 heavy (non-hydrogen) atoms. The Labute approximate surface area is 300 Å². The first-order valence-corrected chi connectivity index (χ1v) is 18.3. The number of hydrogen-bond acceptors (Lipinski definition) is 5. The van der Waals surface area contributed by atoms with E-state index in [1.54, 1.807) is 13.8 Å². The Hall–Kier alpha value is -4.62. The molecule has 1 aliphatic rings. The van der Waals surface area contributed by atoms with Crippen molar-refractivity contribution in [2.75, 3.05) is 11.9 Å². The summed E-state index contributed by atoms with van der Waals surface area (Å²) in [6.45, 7) is 4.41. The van der Waals surface area contributed by atoms with Crippen molar-refractivity contribution >= 4 is 27.6 Å². The Balaban J connectivity index is 1.50. The van der Waals surface area contributed by atoms with Crippen molar-refractivity contribution in [2.24, 2.45) is 0 Å². The molecule has 1 aliphatic carbocycles. The van der Waals surface area contributed by atoms with Crippen molar-refractivity contribution in [1.82, 2.24) is 4.31 Å². The van der Waals surface area contributed by atoms with Gasteiger partial charge in [0.2, 0.25) is 21.7 Å². The van der Waals surface area contributed by atoms with Gasteiger partial charge < -0.3 is 9.64 Å². The molecule has 0 N–H and O–H groups in total. The Morgan fingerprint density at radius 2 is 1.33 bits per heavy atom. The van der Waals surface area contributed by atoms with Crippen molar-refractivity contribution in [2.45, 2.75) is 82.9 Å². The number of carbonyl (C=O) groups excluding carboxylic acids is 2. The van der Waals surface area contributed by atoms with Crippen LogP contribution in [0.4, 0.5) is 27.6 Å². The molecule has 1 amide bonds. The molecule has 4 aromatic carbocycles. The van der Waals surface area contributed by atoms with E-state index >= 15 is 0 Å². The number of carbonyl (C=O) groups is 2. The lowest BCUT2D eigenvalue weighted by Crippen LogP contribution is -2.48. The lowest BCUT2D eigenvalue weighted by atomic mass is 9.84. The van der Waals surface area contributed by atoms with E-state index in [0.717, 1.165) is 50.8 Å². The fourth-order valence-electron chi connectivity index (χ4n) is 6.63. The summed E-state index contributed by atoms with van der Waals surface area (Å²) in [6, 6.07) is 18.1. The average Bonchev–Trinajstić information content (AvgIpc) is 3.14. The van der Waals surface area contributed by atoms with Crippen LogP contribution in [-0.4, -0.2) is 37.7 Å². The third-order valence-electron chi connectivity index (χ3n) is 9.58. The Kier molecular flexibility index (Phi) is 11.8. The number of benzene rings is 4. The van der Waals surface area contributed by atoms with Crippen LogP contribution in [0.2, 0.25) is 0 Å². The van der Waals surface area contributed by atoms with E-state index in [2.05, 4.69) is 0 Å². The van der Waals surface area contributed by atoms with Crippen molar-refractivity contribution < 1.29 is 44.7 Å². The topological polar surface area (TPSA) is 84.0 Å². The van der Waals surface area contributed by atoms with Gasteiger partial charge in [-0.25, -0.2) is 35.2 Å². The van der Waals surface area contributed by atoms with Gasteiger partial charge in [0.25, 0.3) is 0 Å². The molecule has 1 atom stereocenters. The summed E-state index contributed by atoms with van der Waals surface area (Å²) in [5.74, 6) is -13.5. The van der Waals surface area contributed by atoms with E-state index in [0.29, 0.717) is 28.3 Å². The highest BCUT2D eigenvalue weighted by molar-refractivity contribution is 7.89. The molecule has 276 valence electrons. The monoisotopic (exact) mass is 742 g/mol. The zero-order chi connectivity index (χ0) is 37.9. The van der Waals surface area contributed by atoms with E-state index in [4.69, 9.17) is 4.74 Å². The fourth-order valence-corrected chi connectivity index (χ4v) is 8.06. The molecule has 0 heterocycles. The summed E-state index contributed by atoms with van der Waals surface area (Å²) in [5.41, 5.74) is 4.07. The van der Waals surface area contributed by atoms with E-state index in [-0.39, 0.29) is 23.0 Å². The maximum Gasteiger partial charge on any atom is 0.338 e. The molecule has 0 radical (unpaired) electrons. The molecule has 0 saturated heterocycles. The van der Waals surface area contributed by atoms with E-state index < -0.39 is 61.9 Å². The van der Waals surface area contributed by atoms with Gasteiger partial charge in [-0.15, -0.1) is 0 Å². The van der Waals surface area contributed by atoms with Crippen molar-refractivity contribution in [3.8, 4) is 0 Å². The summed E-state index contributed by atoms with van der Waals surface area (Å²) in [4.78, 5) is 26.6. The van der Waals surface area contributed by atoms with Gasteiger partial charge in [-0.3, -0.25) is 4.79 Å². The minimum absolute atomic E-state index is 0.0301. The number of amides is 1. The summed E-state index contributed by atoms with van der Waals surface area (Å²) < 4.78 is 104. The van der Waals surface area contributed by atoms with Crippen LogP contribution in [-0.2, 0) is 32.7 Å². The maximum absolute atomic E-state index is 14.7. The summed E-state index contributed by atoms with van der Waals surface area (Å²) >= 11 is 0. The number of nitrogens with zero attached hydrogens (tertiary/aromatic N) is 2. The van der Waals surface area contributed by atoms with Crippen LogP contribution in [0.3, 0.4) is 0 Å². The number of anilines is 1. The third kappa shape index (κ3) is 7.90. The van der Waals surface area contributed by atoms with Crippen LogP contribution in [0.25, 0.3) is 0 Å². The number of halogens is 5. The molecule has 0 aliphatic heterocycles. The molecule has 4 aromatic rings. The molecule has 5 rings (SSSR count). The van der Waals surface area contributed by atoms with Crippen LogP contribution in [0.5, 0.6) is 0 Å². The van der Waals surface area contributed by atoms with Crippen molar-refractivity contribution in [3.05, 3.63) is 129 Å². The maximum atomic E-state index is 14.7. The van der Waals surface area contributed by atoms with Gasteiger partial charge in [-0.05, 0) is 79.5 Å². The Morgan fingerprint density at radius 3 is 1.88 bits per heavy atom. The van der Waals surface area contributed by atoms with Gasteiger partial charge in [-0.1, -0.05) is 73.9 Å². The zero-order valence-corrected chi connectivity index (χ0v) is 30.0. The van der Waals surface area contributed by atoms with E-state index in [9.17, 15) is 40.0 Å². The Bertz CT molecular complexity index is 2020. The molecule has 0 aromatic heterocycles. The third-order valence-corrected chi connectivity index (χ3v) is 11.5. The molecule has 0 spiro atoms. The highest BCUT2D eigenvalue weighted by Gasteiger charge is 2.40.